The van der Waals surface area contributed by atoms with Crippen LogP contribution >= 0.6 is 0 Å². The fourth-order valence-electron chi connectivity index (χ4n) is 4.09. The first-order valence-electron chi connectivity index (χ1n) is 10.3. The van der Waals surface area contributed by atoms with Crippen molar-refractivity contribution in [3.8, 4) is 0 Å². The fraction of sp³-hybridized carbons (Fsp3) is 0.476. The highest BCUT2D eigenvalue weighted by Gasteiger charge is 2.23. The summed E-state index contributed by atoms with van der Waals surface area (Å²) in [6.07, 6.45) is 0.864. The van der Waals surface area contributed by atoms with Gasteiger partial charge in [-0.25, -0.2) is 14.2 Å². The predicted octanol–water partition coefficient (Wildman–Crippen LogP) is 1.31. The number of piperazine rings is 1. The van der Waals surface area contributed by atoms with E-state index < -0.39 is 0 Å². The molecule has 160 valence electrons. The molecule has 0 saturated carbocycles. The van der Waals surface area contributed by atoms with Crippen molar-refractivity contribution in [2.75, 3.05) is 31.1 Å². The van der Waals surface area contributed by atoms with Gasteiger partial charge in [-0.1, -0.05) is 6.92 Å². The minimum absolute atomic E-state index is 0.229. The topological polar surface area (TPSA) is 68.3 Å². The Labute approximate surface area is 173 Å². The summed E-state index contributed by atoms with van der Waals surface area (Å²) in [6, 6.07) is 6.59. The van der Waals surface area contributed by atoms with Gasteiger partial charge in [0.05, 0.1) is 6.54 Å². The average molecular weight is 414 g/mol. The Balaban J connectivity index is 1.58. The van der Waals surface area contributed by atoms with E-state index in [1.165, 1.54) is 23.7 Å². The van der Waals surface area contributed by atoms with Crippen molar-refractivity contribution in [1.29, 1.82) is 0 Å². The van der Waals surface area contributed by atoms with Crippen LogP contribution in [0.3, 0.4) is 0 Å². The molecule has 3 heterocycles. The first-order chi connectivity index (χ1) is 14.4. The zero-order valence-electron chi connectivity index (χ0n) is 17.6. The van der Waals surface area contributed by atoms with Crippen LogP contribution in [0.15, 0.2) is 33.9 Å². The summed E-state index contributed by atoms with van der Waals surface area (Å²) < 4.78 is 17.7. The SMILES string of the molecule is CCCn1c(CN2CCN(c3ccc(F)cc3)CC2)nc2c1c(=O)n(C)c(=O)n2C. The molecule has 3 aromatic rings. The molecular formula is C21H27FN6O2. The lowest BCUT2D eigenvalue weighted by molar-refractivity contribution is 0.241. The number of aryl methyl sites for hydroxylation is 2. The highest BCUT2D eigenvalue weighted by Crippen LogP contribution is 2.19. The highest BCUT2D eigenvalue weighted by molar-refractivity contribution is 5.71. The molecule has 1 fully saturated rings. The van der Waals surface area contributed by atoms with Crippen LogP contribution in [0.2, 0.25) is 0 Å². The molecule has 30 heavy (non-hydrogen) atoms. The summed E-state index contributed by atoms with van der Waals surface area (Å²) in [6.45, 7) is 6.69. The van der Waals surface area contributed by atoms with Gasteiger partial charge in [0, 0.05) is 52.5 Å². The Morgan fingerprint density at radius 3 is 2.30 bits per heavy atom. The molecule has 0 aliphatic carbocycles. The second-order valence-corrected chi connectivity index (χ2v) is 7.80. The monoisotopic (exact) mass is 414 g/mol. The van der Waals surface area contributed by atoms with Crippen molar-refractivity contribution in [3.63, 3.8) is 0 Å². The Kier molecular flexibility index (Phi) is 5.46. The third kappa shape index (κ3) is 3.54. The molecule has 1 aromatic carbocycles. The van der Waals surface area contributed by atoms with E-state index in [-0.39, 0.29) is 17.1 Å². The second-order valence-electron chi connectivity index (χ2n) is 7.80. The number of anilines is 1. The number of rotatable bonds is 5. The molecule has 0 bridgehead atoms. The first kappa shape index (κ1) is 20.3. The maximum atomic E-state index is 13.2. The summed E-state index contributed by atoms with van der Waals surface area (Å²) in [4.78, 5) is 34.3. The van der Waals surface area contributed by atoms with Crippen LogP contribution < -0.4 is 16.1 Å². The summed E-state index contributed by atoms with van der Waals surface area (Å²) in [5, 5.41) is 0. The van der Waals surface area contributed by atoms with E-state index >= 15 is 0 Å². The van der Waals surface area contributed by atoms with Crippen molar-refractivity contribution in [2.24, 2.45) is 14.1 Å². The number of halogens is 1. The fourth-order valence-corrected chi connectivity index (χ4v) is 4.09. The van der Waals surface area contributed by atoms with Crippen LogP contribution in [0, 0.1) is 5.82 Å². The lowest BCUT2D eigenvalue weighted by atomic mass is 10.2. The standard InChI is InChI=1S/C21H27FN6O2/c1-4-9-28-17(23-19-18(28)20(29)25(3)21(30)24(19)2)14-26-10-12-27(13-11-26)16-7-5-15(22)6-8-16/h5-8H,4,9-14H2,1-3H3. The van der Waals surface area contributed by atoms with Gasteiger partial charge in [0.1, 0.15) is 11.6 Å². The van der Waals surface area contributed by atoms with E-state index in [1.54, 1.807) is 7.05 Å². The van der Waals surface area contributed by atoms with Crippen molar-refractivity contribution in [2.45, 2.75) is 26.4 Å². The van der Waals surface area contributed by atoms with Crippen molar-refractivity contribution in [1.82, 2.24) is 23.6 Å². The van der Waals surface area contributed by atoms with E-state index in [4.69, 9.17) is 4.98 Å². The normalized spacial score (nSPS) is 15.3. The molecule has 1 saturated heterocycles. The molecule has 0 N–H and O–H groups in total. The quantitative estimate of drug-likeness (QED) is 0.630. The molecule has 1 aliphatic heterocycles. The Morgan fingerprint density at radius 2 is 1.67 bits per heavy atom. The Hall–Kier alpha value is -2.94. The van der Waals surface area contributed by atoms with Crippen LogP contribution in [0.4, 0.5) is 10.1 Å². The number of hydrogen-bond acceptors (Lipinski definition) is 5. The molecule has 0 amide bonds. The summed E-state index contributed by atoms with van der Waals surface area (Å²) in [7, 11) is 3.15. The van der Waals surface area contributed by atoms with E-state index in [0.29, 0.717) is 24.3 Å². The molecular weight excluding hydrogens is 387 g/mol. The predicted molar refractivity (Wildman–Crippen MR) is 114 cm³/mol. The first-order valence-corrected chi connectivity index (χ1v) is 10.3. The van der Waals surface area contributed by atoms with Gasteiger partial charge in [-0.05, 0) is 30.7 Å². The Morgan fingerprint density at radius 1 is 1.00 bits per heavy atom. The smallest absolute Gasteiger partial charge is 0.332 e. The van der Waals surface area contributed by atoms with Gasteiger partial charge in [0.25, 0.3) is 5.56 Å². The van der Waals surface area contributed by atoms with Gasteiger partial charge >= 0.3 is 5.69 Å². The zero-order valence-corrected chi connectivity index (χ0v) is 17.6. The third-order valence-electron chi connectivity index (χ3n) is 5.80. The number of nitrogens with zero attached hydrogens (tertiary/aromatic N) is 6. The largest absolute Gasteiger partial charge is 0.369 e. The number of hydrogen-bond donors (Lipinski definition) is 0. The molecule has 4 rings (SSSR count). The Bertz CT molecular complexity index is 1170. The minimum atomic E-state index is -0.367. The van der Waals surface area contributed by atoms with Gasteiger partial charge in [0.2, 0.25) is 0 Å². The molecule has 0 atom stereocenters. The van der Waals surface area contributed by atoms with E-state index in [1.807, 2.05) is 16.7 Å². The van der Waals surface area contributed by atoms with Crippen LogP contribution in [0.5, 0.6) is 0 Å². The van der Waals surface area contributed by atoms with Crippen LogP contribution in [-0.4, -0.2) is 49.8 Å². The zero-order chi connectivity index (χ0) is 21.4. The molecule has 9 heteroatoms. The summed E-state index contributed by atoms with van der Waals surface area (Å²) in [5.41, 5.74) is 1.28. The van der Waals surface area contributed by atoms with Crippen LogP contribution in [0.1, 0.15) is 19.2 Å². The summed E-state index contributed by atoms with van der Waals surface area (Å²) >= 11 is 0. The summed E-state index contributed by atoms with van der Waals surface area (Å²) in [5.74, 6) is 0.577. The molecule has 1 aliphatic rings. The van der Waals surface area contributed by atoms with Crippen LogP contribution in [-0.2, 0) is 27.2 Å². The number of imidazole rings is 1. The maximum absolute atomic E-state index is 13.2. The van der Waals surface area contributed by atoms with E-state index in [2.05, 4.69) is 16.7 Å². The minimum Gasteiger partial charge on any atom is -0.369 e. The maximum Gasteiger partial charge on any atom is 0.332 e. The molecule has 8 nitrogen and oxygen atoms in total. The van der Waals surface area contributed by atoms with Crippen molar-refractivity contribution in [3.05, 3.63) is 56.7 Å². The van der Waals surface area contributed by atoms with E-state index in [9.17, 15) is 14.0 Å². The molecule has 0 spiro atoms. The average Bonchev–Trinajstić information content (AvgIpc) is 3.10. The number of aromatic nitrogens is 4. The van der Waals surface area contributed by atoms with Gasteiger partial charge < -0.3 is 9.47 Å². The van der Waals surface area contributed by atoms with E-state index in [0.717, 1.165) is 48.7 Å². The van der Waals surface area contributed by atoms with Gasteiger partial charge in [-0.3, -0.25) is 18.8 Å². The molecule has 0 radical (unpaired) electrons. The number of benzene rings is 1. The third-order valence-corrected chi connectivity index (χ3v) is 5.80. The highest BCUT2D eigenvalue weighted by atomic mass is 19.1. The van der Waals surface area contributed by atoms with Crippen LogP contribution in [0.25, 0.3) is 11.2 Å². The lowest BCUT2D eigenvalue weighted by Crippen LogP contribution is -2.46. The van der Waals surface area contributed by atoms with Crippen molar-refractivity contribution < 1.29 is 4.39 Å². The van der Waals surface area contributed by atoms with Gasteiger partial charge in [-0.2, -0.15) is 0 Å². The van der Waals surface area contributed by atoms with Crippen molar-refractivity contribution >= 4 is 16.9 Å². The van der Waals surface area contributed by atoms with Gasteiger partial charge in [-0.15, -0.1) is 0 Å². The lowest BCUT2D eigenvalue weighted by Gasteiger charge is -2.36. The number of fused-ring (bicyclic) bond motifs is 1. The second kappa shape index (κ2) is 8.06. The molecule has 2 aromatic heterocycles. The molecule has 0 unspecified atom stereocenters. The van der Waals surface area contributed by atoms with Gasteiger partial charge in [0.15, 0.2) is 11.2 Å².